The molecule has 2 N–H and O–H groups in total. The first-order valence-electron chi connectivity index (χ1n) is 8.64. The lowest BCUT2D eigenvalue weighted by Crippen LogP contribution is -2.22. The summed E-state index contributed by atoms with van der Waals surface area (Å²) in [5, 5.41) is 5.07. The van der Waals surface area contributed by atoms with E-state index in [0.29, 0.717) is 5.56 Å². The third-order valence-corrected chi connectivity index (χ3v) is 5.24. The van der Waals surface area contributed by atoms with E-state index in [2.05, 4.69) is 10.6 Å². The number of ether oxygens (including phenoxy) is 2. The number of halogens is 2. The first-order valence-corrected chi connectivity index (χ1v) is 9.83. The fraction of sp³-hybridized carbons (Fsp3) is 0.263. The Bertz CT molecular complexity index is 1010. The van der Waals surface area contributed by atoms with Crippen LogP contribution in [0.4, 0.5) is 9.39 Å². The molecule has 0 atom stereocenters. The zero-order valence-corrected chi connectivity index (χ0v) is 17.8. The van der Waals surface area contributed by atoms with Gasteiger partial charge in [-0.05, 0) is 37.6 Å². The fourth-order valence-corrected chi connectivity index (χ4v) is 3.74. The zero-order chi connectivity index (χ0) is 22.4. The number of carbonyl (C=O) groups excluding carboxylic acids is 4. The predicted octanol–water partition coefficient (Wildman–Crippen LogP) is 3.18. The number of carbonyl (C=O) groups is 4. The first-order chi connectivity index (χ1) is 14.2. The van der Waals surface area contributed by atoms with Crippen LogP contribution < -0.4 is 10.6 Å². The van der Waals surface area contributed by atoms with Gasteiger partial charge in [0, 0.05) is 12.1 Å². The van der Waals surface area contributed by atoms with Crippen molar-refractivity contribution in [2.45, 2.75) is 13.8 Å². The fourth-order valence-electron chi connectivity index (χ4n) is 2.41. The summed E-state index contributed by atoms with van der Waals surface area (Å²) in [6.07, 6.45) is 0. The molecule has 0 unspecified atom stereocenters. The lowest BCUT2D eigenvalue weighted by atomic mass is 10.1. The van der Waals surface area contributed by atoms with E-state index in [1.807, 2.05) is 0 Å². The summed E-state index contributed by atoms with van der Waals surface area (Å²) in [6, 6.07) is 3.34. The molecule has 0 aliphatic carbocycles. The third kappa shape index (κ3) is 5.33. The lowest BCUT2D eigenvalue weighted by Gasteiger charge is -2.08. The lowest BCUT2D eigenvalue weighted by molar-refractivity contribution is -0.119. The van der Waals surface area contributed by atoms with Gasteiger partial charge in [-0.25, -0.2) is 14.0 Å². The largest absolute Gasteiger partial charge is 0.462 e. The summed E-state index contributed by atoms with van der Waals surface area (Å²) in [6.45, 7) is 2.51. The van der Waals surface area contributed by atoms with Crippen LogP contribution in [0.2, 0.25) is 5.02 Å². The van der Waals surface area contributed by atoms with E-state index < -0.39 is 41.7 Å². The molecule has 1 aromatic heterocycles. The van der Waals surface area contributed by atoms with E-state index in [4.69, 9.17) is 21.1 Å². The molecule has 0 aliphatic rings. The highest BCUT2D eigenvalue weighted by molar-refractivity contribution is 7.18. The van der Waals surface area contributed by atoms with Gasteiger partial charge in [0.05, 0.1) is 22.6 Å². The normalized spacial score (nSPS) is 10.3. The Morgan fingerprint density at radius 3 is 2.50 bits per heavy atom. The molecule has 0 saturated carbocycles. The van der Waals surface area contributed by atoms with Gasteiger partial charge in [-0.2, -0.15) is 0 Å². The molecule has 0 spiro atoms. The summed E-state index contributed by atoms with van der Waals surface area (Å²) < 4.78 is 23.5. The SMILES string of the molecule is CCOC(=O)c1c(NC(=O)COC(=O)c2cc(Cl)ccc2F)sc(C(=O)NC)c1C. The van der Waals surface area contributed by atoms with Crippen molar-refractivity contribution in [3.05, 3.63) is 50.6 Å². The van der Waals surface area contributed by atoms with Crippen LogP contribution in [0.1, 0.15) is 42.9 Å². The number of thiophene rings is 1. The minimum absolute atomic E-state index is 0.0287. The highest BCUT2D eigenvalue weighted by atomic mass is 35.5. The van der Waals surface area contributed by atoms with Gasteiger partial charge in [0.15, 0.2) is 6.61 Å². The van der Waals surface area contributed by atoms with Crippen molar-refractivity contribution < 1.29 is 33.0 Å². The maximum Gasteiger partial charge on any atom is 0.341 e. The number of esters is 2. The Morgan fingerprint density at radius 1 is 1.17 bits per heavy atom. The number of benzene rings is 1. The average molecular weight is 457 g/mol. The second-order valence-corrected chi connectivity index (χ2v) is 7.27. The van der Waals surface area contributed by atoms with E-state index in [-0.39, 0.29) is 27.1 Å². The molecule has 2 amide bonds. The van der Waals surface area contributed by atoms with Gasteiger partial charge in [0.2, 0.25) is 0 Å². The molecule has 2 rings (SSSR count). The van der Waals surface area contributed by atoms with Crippen LogP contribution in [0.25, 0.3) is 0 Å². The predicted molar refractivity (Wildman–Crippen MR) is 109 cm³/mol. The molecule has 0 fully saturated rings. The number of nitrogens with one attached hydrogen (secondary N) is 2. The number of amides is 2. The standard InChI is InChI=1S/C19H18ClFN2O6S/c1-4-28-19(27)14-9(2)15(16(25)22-3)30-17(14)23-13(24)8-29-18(26)11-7-10(20)5-6-12(11)21/h5-7H,4,8H2,1-3H3,(H,22,25)(H,23,24). The van der Waals surface area contributed by atoms with E-state index >= 15 is 0 Å². The molecule has 1 aromatic carbocycles. The number of hydrogen-bond donors (Lipinski definition) is 2. The minimum Gasteiger partial charge on any atom is -0.462 e. The van der Waals surface area contributed by atoms with E-state index in [0.717, 1.165) is 23.5 Å². The van der Waals surface area contributed by atoms with Crippen LogP contribution in [0.3, 0.4) is 0 Å². The van der Waals surface area contributed by atoms with Gasteiger partial charge in [0.1, 0.15) is 10.8 Å². The maximum atomic E-state index is 13.7. The monoisotopic (exact) mass is 456 g/mol. The van der Waals surface area contributed by atoms with Crippen molar-refractivity contribution >= 4 is 51.7 Å². The van der Waals surface area contributed by atoms with Gasteiger partial charge < -0.3 is 20.1 Å². The summed E-state index contributed by atoms with van der Waals surface area (Å²) in [5.41, 5.74) is -0.0523. The molecule has 160 valence electrons. The van der Waals surface area contributed by atoms with Crippen LogP contribution in [0.5, 0.6) is 0 Å². The molecular weight excluding hydrogens is 439 g/mol. The van der Waals surface area contributed by atoms with Gasteiger partial charge in [-0.15, -0.1) is 11.3 Å². The molecule has 11 heteroatoms. The Hall–Kier alpha value is -2.98. The number of rotatable bonds is 7. The minimum atomic E-state index is -1.08. The number of hydrogen-bond acceptors (Lipinski definition) is 7. The molecule has 0 bridgehead atoms. The smallest absolute Gasteiger partial charge is 0.341 e. The summed E-state index contributed by atoms with van der Waals surface area (Å²) in [7, 11) is 1.43. The Morgan fingerprint density at radius 2 is 1.87 bits per heavy atom. The summed E-state index contributed by atoms with van der Waals surface area (Å²) >= 11 is 6.60. The Balaban J connectivity index is 2.17. The van der Waals surface area contributed by atoms with E-state index in [1.165, 1.54) is 13.1 Å². The van der Waals surface area contributed by atoms with Gasteiger partial charge >= 0.3 is 11.9 Å². The third-order valence-electron chi connectivity index (χ3n) is 3.80. The van der Waals surface area contributed by atoms with Crippen molar-refractivity contribution in [1.82, 2.24) is 5.32 Å². The number of anilines is 1. The molecule has 2 aromatic rings. The van der Waals surface area contributed by atoms with Crippen LogP contribution in [-0.2, 0) is 14.3 Å². The Labute approximate surface area is 180 Å². The highest BCUT2D eigenvalue weighted by Gasteiger charge is 2.26. The van der Waals surface area contributed by atoms with Crippen LogP contribution >= 0.6 is 22.9 Å². The quantitative estimate of drug-likeness (QED) is 0.619. The van der Waals surface area contributed by atoms with Crippen molar-refractivity contribution in [1.29, 1.82) is 0 Å². The molecule has 0 radical (unpaired) electrons. The molecule has 30 heavy (non-hydrogen) atoms. The molecule has 1 heterocycles. The van der Waals surface area contributed by atoms with Crippen LogP contribution in [-0.4, -0.2) is 44.0 Å². The van der Waals surface area contributed by atoms with Gasteiger partial charge in [-0.1, -0.05) is 11.6 Å². The van der Waals surface area contributed by atoms with Crippen LogP contribution in [0.15, 0.2) is 18.2 Å². The molecule has 0 saturated heterocycles. The Kier molecular flexibility index (Phi) is 7.90. The maximum absolute atomic E-state index is 13.7. The van der Waals surface area contributed by atoms with Crippen molar-refractivity contribution in [3.63, 3.8) is 0 Å². The highest BCUT2D eigenvalue weighted by Crippen LogP contribution is 2.33. The summed E-state index contributed by atoms with van der Waals surface area (Å²) in [5.74, 6) is -3.87. The molecular formula is C19H18ClFN2O6S. The second kappa shape index (κ2) is 10.2. The van der Waals surface area contributed by atoms with Crippen molar-refractivity contribution in [2.24, 2.45) is 0 Å². The van der Waals surface area contributed by atoms with E-state index in [9.17, 15) is 23.6 Å². The first kappa shape index (κ1) is 23.3. The second-order valence-electron chi connectivity index (χ2n) is 5.81. The van der Waals surface area contributed by atoms with Crippen molar-refractivity contribution in [3.8, 4) is 0 Å². The topological polar surface area (TPSA) is 111 Å². The average Bonchev–Trinajstić information content (AvgIpc) is 3.03. The van der Waals surface area contributed by atoms with Gasteiger partial charge in [0.25, 0.3) is 11.8 Å². The summed E-state index contributed by atoms with van der Waals surface area (Å²) in [4.78, 5) is 48.7. The molecule has 8 nitrogen and oxygen atoms in total. The zero-order valence-electron chi connectivity index (χ0n) is 16.3. The van der Waals surface area contributed by atoms with Crippen molar-refractivity contribution in [2.75, 3.05) is 25.6 Å². The van der Waals surface area contributed by atoms with Gasteiger partial charge in [-0.3, -0.25) is 9.59 Å². The van der Waals surface area contributed by atoms with E-state index in [1.54, 1.807) is 13.8 Å². The molecule has 0 aliphatic heterocycles. The van der Waals surface area contributed by atoms with Crippen LogP contribution in [0, 0.1) is 12.7 Å².